The van der Waals surface area contributed by atoms with Crippen molar-refractivity contribution in [3.05, 3.63) is 71.6 Å². The number of carbonyl (C=O) groups excluding carboxylic acids is 1. The highest BCUT2D eigenvalue weighted by molar-refractivity contribution is 8.00. The number of hydrogen-bond donors (Lipinski definition) is 2. The van der Waals surface area contributed by atoms with Crippen LogP contribution in [0.2, 0.25) is 5.02 Å². The average Bonchev–Trinajstić information content (AvgIpc) is 3.13. The number of aromatic amines is 1. The SMILES string of the molecule is O=C(CSc1ncccc1-c1nc2ccccc2[nH]1)Nc1ccc(F)c(Cl)c1. The summed E-state index contributed by atoms with van der Waals surface area (Å²) in [4.78, 5) is 24.5. The molecule has 2 heterocycles. The minimum atomic E-state index is -0.530. The number of imidazole rings is 1. The predicted octanol–water partition coefficient (Wildman–Crippen LogP) is 5.15. The van der Waals surface area contributed by atoms with Gasteiger partial charge in [0.05, 0.1) is 21.8 Å². The Labute approximate surface area is 169 Å². The molecule has 0 bridgehead atoms. The Bertz CT molecular complexity index is 1130. The largest absolute Gasteiger partial charge is 0.338 e. The third kappa shape index (κ3) is 4.00. The van der Waals surface area contributed by atoms with Gasteiger partial charge in [0, 0.05) is 17.4 Å². The third-order valence-electron chi connectivity index (χ3n) is 3.96. The molecule has 1 amide bonds. The van der Waals surface area contributed by atoms with Crippen LogP contribution in [0.25, 0.3) is 22.4 Å². The maximum atomic E-state index is 13.2. The highest BCUT2D eigenvalue weighted by Crippen LogP contribution is 2.29. The van der Waals surface area contributed by atoms with Crippen LogP contribution in [0.4, 0.5) is 10.1 Å². The van der Waals surface area contributed by atoms with Crippen LogP contribution in [0.1, 0.15) is 0 Å². The number of nitrogens with zero attached hydrogens (tertiary/aromatic N) is 2. The van der Waals surface area contributed by atoms with Gasteiger partial charge >= 0.3 is 0 Å². The molecule has 0 aliphatic rings. The summed E-state index contributed by atoms with van der Waals surface area (Å²) >= 11 is 7.04. The van der Waals surface area contributed by atoms with E-state index in [1.807, 2.05) is 36.4 Å². The van der Waals surface area contributed by atoms with Crippen molar-refractivity contribution in [1.29, 1.82) is 0 Å². The zero-order valence-corrected chi connectivity index (χ0v) is 16.0. The lowest BCUT2D eigenvalue weighted by Gasteiger charge is -2.07. The fourth-order valence-corrected chi connectivity index (χ4v) is 3.65. The van der Waals surface area contributed by atoms with Gasteiger partial charge in [-0.3, -0.25) is 4.79 Å². The number of hydrogen-bond acceptors (Lipinski definition) is 4. The lowest BCUT2D eigenvalue weighted by molar-refractivity contribution is -0.113. The molecule has 0 radical (unpaired) electrons. The minimum Gasteiger partial charge on any atom is -0.338 e. The molecule has 4 rings (SSSR count). The van der Waals surface area contributed by atoms with Crippen LogP contribution in [-0.2, 0) is 4.79 Å². The van der Waals surface area contributed by atoms with Crippen molar-refractivity contribution in [2.24, 2.45) is 0 Å². The van der Waals surface area contributed by atoms with Gasteiger partial charge in [-0.1, -0.05) is 35.5 Å². The number of thioether (sulfide) groups is 1. The summed E-state index contributed by atoms with van der Waals surface area (Å²) in [5.74, 6) is 0.0635. The number of anilines is 1. The van der Waals surface area contributed by atoms with Crippen LogP contribution < -0.4 is 5.32 Å². The van der Waals surface area contributed by atoms with Crippen molar-refractivity contribution in [3.8, 4) is 11.4 Å². The van der Waals surface area contributed by atoms with Gasteiger partial charge < -0.3 is 10.3 Å². The van der Waals surface area contributed by atoms with Gasteiger partial charge in [0.2, 0.25) is 5.91 Å². The molecule has 0 unspecified atom stereocenters. The Morgan fingerprint density at radius 2 is 2.04 bits per heavy atom. The van der Waals surface area contributed by atoms with Crippen molar-refractivity contribution in [3.63, 3.8) is 0 Å². The van der Waals surface area contributed by atoms with Gasteiger partial charge in [0.1, 0.15) is 16.7 Å². The second kappa shape index (κ2) is 8.00. The topological polar surface area (TPSA) is 70.7 Å². The second-order valence-corrected chi connectivity index (χ2v) is 7.30. The lowest BCUT2D eigenvalue weighted by Crippen LogP contribution is -2.14. The first-order valence-corrected chi connectivity index (χ1v) is 9.74. The predicted molar refractivity (Wildman–Crippen MR) is 110 cm³/mol. The highest BCUT2D eigenvalue weighted by atomic mass is 35.5. The van der Waals surface area contributed by atoms with Gasteiger partial charge in [0.25, 0.3) is 0 Å². The zero-order chi connectivity index (χ0) is 19.5. The van der Waals surface area contributed by atoms with E-state index in [4.69, 9.17) is 11.6 Å². The maximum absolute atomic E-state index is 13.2. The van der Waals surface area contributed by atoms with Crippen LogP contribution in [0.3, 0.4) is 0 Å². The van der Waals surface area contributed by atoms with Gasteiger partial charge in [-0.2, -0.15) is 0 Å². The number of fused-ring (bicyclic) bond motifs is 1. The van der Waals surface area contributed by atoms with E-state index in [-0.39, 0.29) is 16.7 Å². The summed E-state index contributed by atoms with van der Waals surface area (Å²) in [6.07, 6.45) is 1.67. The third-order valence-corrected chi connectivity index (χ3v) is 5.25. The molecule has 0 saturated carbocycles. The van der Waals surface area contributed by atoms with E-state index in [1.54, 1.807) is 6.20 Å². The Morgan fingerprint density at radius 3 is 2.86 bits per heavy atom. The van der Waals surface area contributed by atoms with Crippen molar-refractivity contribution >= 4 is 46.0 Å². The number of nitrogens with one attached hydrogen (secondary N) is 2. The second-order valence-electron chi connectivity index (χ2n) is 5.92. The normalized spacial score (nSPS) is 10.9. The van der Waals surface area contributed by atoms with Crippen LogP contribution in [-0.4, -0.2) is 26.6 Å². The summed E-state index contributed by atoms with van der Waals surface area (Å²) in [5.41, 5.74) is 3.06. The van der Waals surface area contributed by atoms with E-state index < -0.39 is 5.82 Å². The van der Waals surface area contributed by atoms with E-state index in [0.717, 1.165) is 16.6 Å². The molecule has 5 nitrogen and oxygen atoms in total. The van der Waals surface area contributed by atoms with Gasteiger partial charge in [0.15, 0.2) is 0 Å². The molecular weight excluding hydrogens is 399 g/mol. The first-order chi connectivity index (χ1) is 13.6. The van der Waals surface area contributed by atoms with Crippen molar-refractivity contribution in [2.45, 2.75) is 5.03 Å². The smallest absolute Gasteiger partial charge is 0.234 e. The number of para-hydroxylation sites is 2. The van der Waals surface area contributed by atoms with Crippen molar-refractivity contribution < 1.29 is 9.18 Å². The first kappa shape index (κ1) is 18.5. The summed E-state index contributed by atoms with van der Waals surface area (Å²) in [7, 11) is 0. The lowest BCUT2D eigenvalue weighted by atomic mass is 10.3. The van der Waals surface area contributed by atoms with Gasteiger partial charge in [-0.25, -0.2) is 14.4 Å². The summed E-state index contributed by atoms with van der Waals surface area (Å²) in [5, 5.41) is 3.35. The number of pyridine rings is 1. The molecule has 0 atom stereocenters. The number of rotatable bonds is 5. The van der Waals surface area contributed by atoms with Crippen molar-refractivity contribution in [1.82, 2.24) is 15.0 Å². The first-order valence-electron chi connectivity index (χ1n) is 8.38. The molecule has 0 saturated heterocycles. The molecule has 8 heteroatoms. The van der Waals surface area contributed by atoms with E-state index in [1.165, 1.54) is 30.0 Å². The summed E-state index contributed by atoms with van der Waals surface area (Å²) in [6, 6.07) is 15.5. The summed E-state index contributed by atoms with van der Waals surface area (Å²) in [6.45, 7) is 0. The van der Waals surface area contributed by atoms with E-state index in [9.17, 15) is 9.18 Å². The standard InChI is InChI=1S/C20H14ClFN4OS/c21-14-10-12(7-8-15(14)22)24-18(27)11-28-20-13(4-3-9-23-20)19-25-16-5-1-2-6-17(16)26-19/h1-10H,11H2,(H,24,27)(H,25,26). The highest BCUT2D eigenvalue weighted by Gasteiger charge is 2.13. The number of aromatic nitrogens is 3. The number of halogens is 2. The quantitative estimate of drug-likeness (QED) is 0.445. The molecule has 28 heavy (non-hydrogen) atoms. The Kier molecular flexibility index (Phi) is 5.27. The molecule has 4 aromatic rings. The summed E-state index contributed by atoms with van der Waals surface area (Å²) < 4.78 is 13.2. The van der Waals surface area contributed by atoms with Crippen LogP contribution >= 0.6 is 23.4 Å². The molecule has 0 aliphatic carbocycles. The number of carbonyl (C=O) groups is 1. The number of amides is 1. The van der Waals surface area contributed by atoms with Crippen LogP contribution in [0, 0.1) is 5.82 Å². The molecule has 0 spiro atoms. The molecular formula is C20H14ClFN4OS. The van der Waals surface area contributed by atoms with E-state index >= 15 is 0 Å². The van der Waals surface area contributed by atoms with Crippen molar-refractivity contribution in [2.75, 3.05) is 11.1 Å². The molecule has 2 aromatic heterocycles. The molecule has 140 valence electrons. The van der Waals surface area contributed by atoms with E-state index in [2.05, 4.69) is 20.3 Å². The Balaban J connectivity index is 1.49. The van der Waals surface area contributed by atoms with Crippen LogP contribution in [0.15, 0.2) is 65.8 Å². The molecule has 0 aliphatic heterocycles. The average molecular weight is 413 g/mol. The maximum Gasteiger partial charge on any atom is 0.234 e. The monoisotopic (exact) mass is 412 g/mol. The number of H-pyrrole nitrogens is 1. The Morgan fingerprint density at radius 1 is 1.18 bits per heavy atom. The van der Waals surface area contributed by atoms with Gasteiger partial charge in [-0.15, -0.1) is 0 Å². The number of benzene rings is 2. The zero-order valence-electron chi connectivity index (χ0n) is 14.4. The van der Waals surface area contributed by atoms with Crippen LogP contribution in [0.5, 0.6) is 0 Å². The Hall–Kier alpha value is -2.90. The van der Waals surface area contributed by atoms with Gasteiger partial charge in [-0.05, 0) is 42.5 Å². The minimum absolute atomic E-state index is 0.0395. The fraction of sp³-hybridized carbons (Fsp3) is 0.0500. The van der Waals surface area contributed by atoms with E-state index in [0.29, 0.717) is 16.5 Å². The molecule has 0 fully saturated rings. The fourth-order valence-electron chi connectivity index (χ4n) is 2.67. The molecule has 2 aromatic carbocycles. The molecule has 2 N–H and O–H groups in total.